The molecular formula is C7H17ClN2O2. The summed E-state index contributed by atoms with van der Waals surface area (Å²) in [7, 11) is 1.48. The Hall–Kier alpha value is -0.320. The quantitative estimate of drug-likeness (QED) is 0.575. The largest absolute Gasteiger partial charge is 0.382 e. The molecule has 74 valence electrons. The second kappa shape index (κ2) is 7.34. The number of likely N-dealkylation sites (N-methyl/N-ethyl adjacent to an activating group) is 1. The number of rotatable bonds is 4. The van der Waals surface area contributed by atoms with Gasteiger partial charge in [-0.25, -0.2) is 0 Å². The number of carbonyl (C=O) groups is 1. The molecule has 4 N–H and O–H groups in total. The lowest BCUT2D eigenvalue weighted by Gasteiger charge is -2.15. The molecule has 0 aromatic rings. The van der Waals surface area contributed by atoms with Crippen molar-refractivity contribution in [2.75, 3.05) is 7.05 Å². The molecule has 0 heterocycles. The third-order valence-electron chi connectivity index (χ3n) is 1.54. The molecule has 2 unspecified atom stereocenters. The van der Waals surface area contributed by atoms with E-state index in [9.17, 15) is 9.90 Å². The van der Waals surface area contributed by atoms with E-state index in [-0.39, 0.29) is 12.4 Å². The molecule has 5 heteroatoms. The molecule has 0 radical (unpaired) electrons. The lowest BCUT2D eigenvalue weighted by molar-refractivity contribution is -0.129. The fraction of sp³-hybridized carbons (Fsp3) is 0.857. The van der Waals surface area contributed by atoms with Gasteiger partial charge in [-0.15, -0.1) is 12.4 Å². The first-order valence-electron chi connectivity index (χ1n) is 3.78. The SMILES string of the molecule is CCCC(N)C(O)C(=O)NC.Cl. The van der Waals surface area contributed by atoms with Crippen molar-refractivity contribution in [2.45, 2.75) is 31.9 Å². The lowest BCUT2D eigenvalue weighted by atomic mass is 10.1. The van der Waals surface area contributed by atoms with Gasteiger partial charge in [0, 0.05) is 13.1 Å². The Labute approximate surface area is 78.9 Å². The molecule has 0 bridgehead atoms. The Morgan fingerprint density at radius 3 is 2.50 bits per heavy atom. The van der Waals surface area contributed by atoms with Crippen LogP contribution in [0.5, 0.6) is 0 Å². The highest BCUT2D eigenvalue weighted by atomic mass is 35.5. The summed E-state index contributed by atoms with van der Waals surface area (Å²) in [6, 6.07) is -0.444. The Kier molecular flexibility index (Phi) is 8.69. The van der Waals surface area contributed by atoms with E-state index in [1.54, 1.807) is 0 Å². The highest BCUT2D eigenvalue weighted by Crippen LogP contribution is 1.98. The normalized spacial score (nSPS) is 14.3. The van der Waals surface area contributed by atoms with Gasteiger partial charge in [0.15, 0.2) is 0 Å². The van der Waals surface area contributed by atoms with Crippen LogP contribution in [0.4, 0.5) is 0 Å². The number of aliphatic hydroxyl groups is 1. The Balaban J connectivity index is 0. The van der Waals surface area contributed by atoms with Crippen LogP contribution in [0, 0.1) is 0 Å². The van der Waals surface area contributed by atoms with Crippen molar-refractivity contribution >= 4 is 18.3 Å². The van der Waals surface area contributed by atoms with Crippen LogP contribution in [0.1, 0.15) is 19.8 Å². The second-order valence-corrected chi connectivity index (χ2v) is 2.51. The van der Waals surface area contributed by atoms with Crippen molar-refractivity contribution in [3.05, 3.63) is 0 Å². The molecule has 1 amide bonds. The van der Waals surface area contributed by atoms with Gasteiger partial charge in [0.1, 0.15) is 6.10 Å². The first-order chi connectivity index (χ1) is 5.13. The number of amides is 1. The molecule has 0 aromatic carbocycles. The van der Waals surface area contributed by atoms with Crippen LogP contribution in [0.2, 0.25) is 0 Å². The van der Waals surface area contributed by atoms with E-state index in [1.807, 2.05) is 6.92 Å². The molecule has 0 fully saturated rings. The minimum Gasteiger partial charge on any atom is -0.382 e. The predicted octanol–water partition coefficient (Wildman–Crippen LogP) is -0.358. The topological polar surface area (TPSA) is 75.3 Å². The molecule has 0 rings (SSSR count). The van der Waals surface area contributed by atoms with E-state index in [0.717, 1.165) is 6.42 Å². The number of nitrogens with two attached hydrogens (primary N) is 1. The van der Waals surface area contributed by atoms with E-state index in [1.165, 1.54) is 7.05 Å². The van der Waals surface area contributed by atoms with Gasteiger partial charge in [0.25, 0.3) is 0 Å². The van der Waals surface area contributed by atoms with Crippen molar-refractivity contribution < 1.29 is 9.90 Å². The van der Waals surface area contributed by atoms with E-state index in [0.29, 0.717) is 6.42 Å². The lowest BCUT2D eigenvalue weighted by Crippen LogP contribution is -2.45. The number of hydrogen-bond donors (Lipinski definition) is 3. The van der Waals surface area contributed by atoms with Gasteiger partial charge in [-0.05, 0) is 6.42 Å². The smallest absolute Gasteiger partial charge is 0.250 e. The molecule has 12 heavy (non-hydrogen) atoms. The van der Waals surface area contributed by atoms with Gasteiger partial charge in [-0.1, -0.05) is 13.3 Å². The first kappa shape index (κ1) is 14.2. The summed E-state index contributed by atoms with van der Waals surface area (Å²) in [6.45, 7) is 1.95. The van der Waals surface area contributed by atoms with Crippen LogP contribution >= 0.6 is 12.4 Å². The van der Waals surface area contributed by atoms with Crippen LogP contribution in [-0.4, -0.2) is 30.2 Å². The molecule has 0 aliphatic rings. The molecule has 0 aliphatic heterocycles. The molecule has 0 aliphatic carbocycles. The van der Waals surface area contributed by atoms with Gasteiger partial charge < -0.3 is 16.2 Å². The van der Waals surface area contributed by atoms with Crippen LogP contribution in [0.25, 0.3) is 0 Å². The molecule has 4 nitrogen and oxygen atoms in total. The third-order valence-corrected chi connectivity index (χ3v) is 1.54. The van der Waals surface area contributed by atoms with Crippen LogP contribution in [0.15, 0.2) is 0 Å². The Bertz CT molecular complexity index is 133. The minimum absolute atomic E-state index is 0. The van der Waals surface area contributed by atoms with Crippen LogP contribution < -0.4 is 11.1 Å². The van der Waals surface area contributed by atoms with E-state index >= 15 is 0 Å². The van der Waals surface area contributed by atoms with E-state index in [4.69, 9.17) is 5.73 Å². The zero-order chi connectivity index (χ0) is 8.85. The van der Waals surface area contributed by atoms with E-state index in [2.05, 4.69) is 5.32 Å². The number of hydrogen-bond acceptors (Lipinski definition) is 3. The van der Waals surface area contributed by atoms with Crippen LogP contribution in [-0.2, 0) is 4.79 Å². The monoisotopic (exact) mass is 196 g/mol. The molecule has 2 atom stereocenters. The summed E-state index contributed by atoms with van der Waals surface area (Å²) in [6.07, 6.45) is 0.462. The summed E-state index contributed by atoms with van der Waals surface area (Å²) in [4.78, 5) is 10.8. The highest BCUT2D eigenvalue weighted by Gasteiger charge is 2.20. The first-order valence-corrected chi connectivity index (χ1v) is 3.78. The summed E-state index contributed by atoms with van der Waals surface area (Å²) in [5.41, 5.74) is 5.49. The zero-order valence-electron chi connectivity index (χ0n) is 7.41. The Morgan fingerprint density at radius 2 is 2.17 bits per heavy atom. The maximum Gasteiger partial charge on any atom is 0.250 e. The van der Waals surface area contributed by atoms with Crippen molar-refractivity contribution in [2.24, 2.45) is 5.73 Å². The van der Waals surface area contributed by atoms with Crippen LogP contribution in [0.3, 0.4) is 0 Å². The van der Waals surface area contributed by atoms with Gasteiger partial charge in [0.05, 0.1) is 0 Å². The van der Waals surface area contributed by atoms with Crippen molar-refractivity contribution in [1.29, 1.82) is 0 Å². The average molecular weight is 197 g/mol. The van der Waals surface area contributed by atoms with Crippen molar-refractivity contribution in [3.8, 4) is 0 Å². The average Bonchev–Trinajstić information content (AvgIpc) is 2.02. The third kappa shape index (κ3) is 4.54. The summed E-state index contributed by atoms with van der Waals surface area (Å²) in [5, 5.41) is 11.5. The Morgan fingerprint density at radius 1 is 1.67 bits per heavy atom. The predicted molar refractivity (Wildman–Crippen MR) is 50.2 cm³/mol. The zero-order valence-corrected chi connectivity index (χ0v) is 8.23. The molecule has 0 spiro atoms. The van der Waals surface area contributed by atoms with Crippen molar-refractivity contribution in [3.63, 3.8) is 0 Å². The number of nitrogens with one attached hydrogen (secondary N) is 1. The molecule has 0 saturated heterocycles. The minimum atomic E-state index is -1.07. The highest BCUT2D eigenvalue weighted by molar-refractivity contribution is 5.85. The second-order valence-electron chi connectivity index (χ2n) is 2.51. The maximum atomic E-state index is 10.8. The van der Waals surface area contributed by atoms with Gasteiger partial charge in [-0.2, -0.15) is 0 Å². The maximum absolute atomic E-state index is 10.8. The van der Waals surface area contributed by atoms with Gasteiger partial charge in [-0.3, -0.25) is 4.79 Å². The number of halogens is 1. The summed E-state index contributed by atoms with van der Waals surface area (Å²) in [5.74, 6) is -0.411. The molecule has 0 saturated carbocycles. The number of carbonyl (C=O) groups excluding carboxylic acids is 1. The number of aliphatic hydroxyl groups excluding tert-OH is 1. The molecular weight excluding hydrogens is 180 g/mol. The van der Waals surface area contributed by atoms with Gasteiger partial charge in [0.2, 0.25) is 5.91 Å². The molecule has 0 aromatic heterocycles. The standard InChI is InChI=1S/C7H16N2O2.ClH/c1-3-4-5(8)6(10)7(11)9-2;/h5-6,10H,3-4,8H2,1-2H3,(H,9,11);1H. The van der Waals surface area contributed by atoms with Gasteiger partial charge >= 0.3 is 0 Å². The van der Waals surface area contributed by atoms with E-state index < -0.39 is 18.1 Å². The fourth-order valence-corrected chi connectivity index (χ4v) is 0.834. The van der Waals surface area contributed by atoms with Crippen molar-refractivity contribution in [1.82, 2.24) is 5.32 Å². The fourth-order valence-electron chi connectivity index (χ4n) is 0.834. The summed E-state index contributed by atoms with van der Waals surface area (Å²) < 4.78 is 0. The summed E-state index contributed by atoms with van der Waals surface area (Å²) >= 11 is 0.